The van der Waals surface area contributed by atoms with Crippen molar-refractivity contribution in [2.24, 2.45) is 39.9 Å². The fourth-order valence-corrected chi connectivity index (χ4v) is 9.52. The maximum atomic E-state index is 14.8. The van der Waals surface area contributed by atoms with Gasteiger partial charge in [-0.1, -0.05) is 59.8 Å². The number of amides is 1. The number of hydrogen-bond acceptors (Lipinski definition) is 15. The van der Waals surface area contributed by atoms with Crippen molar-refractivity contribution in [1.82, 2.24) is 15.2 Å². The Kier molecular flexibility index (Phi) is 13.6. The predicted octanol–water partition coefficient (Wildman–Crippen LogP) is 5.01. The number of piperidine rings is 1. The average molecular weight is 876 g/mol. The van der Waals surface area contributed by atoms with Crippen molar-refractivity contribution in [3.8, 4) is 11.5 Å². The van der Waals surface area contributed by atoms with E-state index >= 15 is 0 Å². The molecule has 342 valence electrons. The molecule has 1 saturated heterocycles. The van der Waals surface area contributed by atoms with Crippen molar-refractivity contribution in [1.29, 1.82) is 0 Å². The summed E-state index contributed by atoms with van der Waals surface area (Å²) >= 11 is 0. The summed E-state index contributed by atoms with van der Waals surface area (Å²) < 4.78 is 23.9. The van der Waals surface area contributed by atoms with Gasteiger partial charge in [-0.05, 0) is 25.8 Å². The number of likely N-dealkylation sites (tertiary alicyclic amines) is 1. The lowest BCUT2D eigenvalue weighted by Crippen LogP contribution is -2.51. The predicted molar refractivity (Wildman–Crippen MR) is 231 cm³/mol. The van der Waals surface area contributed by atoms with Crippen LogP contribution in [0, 0.1) is 41.4 Å². The summed E-state index contributed by atoms with van der Waals surface area (Å²) in [5.41, 5.74) is -2.05. The number of fused-ring (bicyclic) bond motifs is 3. The Morgan fingerprint density at radius 3 is 2.29 bits per heavy atom. The summed E-state index contributed by atoms with van der Waals surface area (Å²) in [4.78, 5) is 76.4. The zero-order valence-electron chi connectivity index (χ0n) is 37.9. The van der Waals surface area contributed by atoms with Crippen LogP contribution in [-0.4, -0.2) is 117 Å². The molecule has 1 fully saturated rings. The minimum Gasteiger partial charge on any atom is -0.507 e. The standard InChI is InChI=1S/C46H61N5O12/c1-22(2)21-50-18-16-46(17-19-50)48-34-31-32-39(55)28(8)42-33(31)43(57)45(10,63-42)61-20-15-30(60-11)25(5)41(62-29(9)52)27(7)38(54)26(6)37(53)23(3)13-12-14-24(4)44(58)47-35(40(32)56)36(34)51(46)49-59/h12-15,20,22-23,25-27,30,37-38,41,53-55H,16-19,21H2,1-11H3,(H,47,58)/b13-12+,20-15+,24-14+/t23-,25+,26+,27+,30-,37-,38+,41+,45-/m0/s1. The van der Waals surface area contributed by atoms with Crippen LogP contribution in [-0.2, 0) is 23.8 Å². The highest BCUT2D eigenvalue weighted by atomic mass is 16.7. The first-order chi connectivity index (χ1) is 29.6. The second-order valence-electron chi connectivity index (χ2n) is 18.2. The highest BCUT2D eigenvalue weighted by Crippen LogP contribution is 2.52. The summed E-state index contributed by atoms with van der Waals surface area (Å²) in [7, 11) is 1.44. The van der Waals surface area contributed by atoms with E-state index < -0.39 is 88.7 Å². The SMILES string of the molecule is CO[C@H]1/C=C/O[C@@]2(C)Oc3c(C)c(O)c4c(c3C2=O)C2=NC3(CCN(CC(C)C)CC3)N(N=O)C2=C(NC(=O)/C(C)=C/C=C/[C@H](C)[C@H](O)[C@@H](C)[C@@H](O)[C@@H](C)[C@H](OC(C)=O)[C@@H]1C)C4=O. The molecule has 6 rings (SSSR count). The minimum absolute atomic E-state index is 0.00844. The van der Waals surface area contributed by atoms with Gasteiger partial charge in [-0.3, -0.25) is 24.2 Å². The second-order valence-corrected chi connectivity index (χ2v) is 18.2. The Morgan fingerprint density at radius 2 is 1.68 bits per heavy atom. The van der Waals surface area contributed by atoms with E-state index in [1.54, 1.807) is 39.8 Å². The molecular weight excluding hydrogens is 815 g/mol. The van der Waals surface area contributed by atoms with Crippen LogP contribution in [0.2, 0.25) is 0 Å². The van der Waals surface area contributed by atoms with Crippen LogP contribution in [0.25, 0.3) is 0 Å². The highest BCUT2D eigenvalue weighted by Gasteiger charge is 2.57. The van der Waals surface area contributed by atoms with E-state index in [1.807, 2.05) is 0 Å². The van der Waals surface area contributed by atoms with Gasteiger partial charge in [0.15, 0.2) is 5.66 Å². The number of allylic oxidation sites excluding steroid dienone is 4. The fourth-order valence-electron chi connectivity index (χ4n) is 9.52. The molecule has 0 unspecified atom stereocenters. The largest absolute Gasteiger partial charge is 0.507 e. The number of hydrogen-bond donors (Lipinski definition) is 4. The summed E-state index contributed by atoms with van der Waals surface area (Å²) in [6, 6.07) is 0. The molecule has 4 aliphatic heterocycles. The number of esters is 1. The number of aliphatic hydroxyl groups excluding tert-OH is 2. The number of aromatic hydroxyl groups is 1. The molecule has 4 heterocycles. The van der Waals surface area contributed by atoms with Gasteiger partial charge in [0, 0.05) is 93.8 Å². The molecule has 4 N–H and O–H groups in total. The van der Waals surface area contributed by atoms with Gasteiger partial charge < -0.3 is 44.5 Å². The van der Waals surface area contributed by atoms with E-state index in [1.165, 1.54) is 53.2 Å². The number of nitrogens with zero attached hydrogens (tertiary/aromatic N) is 4. The Bertz CT molecular complexity index is 2200. The van der Waals surface area contributed by atoms with Crippen molar-refractivity contribution in [2.75, 3.05) is 26.7 Å². The van der Waals surface area contributed by atoms with E-state index in [-0.39, 0.29) is 50.7 Å². The lowest BCUT2D eigenvalue weighted by molar-refractivity contribution is -0.160. The van der Waals surface area contributed by atoms with Gasteiger partial charge in [0.1, 0.15) is 29.0 Å². The number of carbonyl (C=O) groups excluding carboxylic acids is 4. The van der Waals surface area contributed by atoms with Crippen molar-refractivity contribution >= 4 is 29.2 Å². The first kappa shape index (κ1) is 47.3. The number of methoxy groups -OCH3 is 1. The number of aliphatic imine (C=N–C) groups is 1. The lowest BCUT2D eigenvalue weighted by Gasteiger charge is -2.41. The molecule has 1 aromatic rings. The van der Waals surface area contributed by atoms with Crippen LogP contribution in [0.5, 0.6) is 11.5 Å². The highest BCUT2D eigenvalue weighted by molar-refractivity contribution is 6.34. The molecule has 9 atom stereocenters. The molecule has 0 saturated carbocycles. The third-order valence-electron chi connectivity index (χ3n) is 13.2. The molecule has 63 heavy (non-hydrogen) atoms. The number of nitrogens with one attached hydrogen (secondary N) is 1. The summed E-state index contributed by atoms with van der Waals surface area (Å²) in [6.07, 6.45) is 4.15. The van der Waals surface area contributed by atoms with Gasteiger partial charge >= 0.3 is 11.8 Å². The Labute approximate surface area is 367 Å². The zero-order chi connectivity index (χ0) is 46.5. The van der Waals surface area contributed by atoms with Gasteiger partial charge in [-0.15, -0.1) is 4.91 Å². The first-order valence-electron chi connectivity index (χ1n) is 21.6. The quantitative estimate of drug-likeness (QED) is 0.226. The number of benzene rings is 1. The smallest absolute Gasteiger partial charge is 0.312 e. The average Bonchev–Trinajstić information content (AvgIpc) is 3.70. The molecule has 17 heteroatoms. The second kappa shape index (κ2) is 18.1. The van der Waals surface area contributed by atoms with Gasteiger partial charge in [-0.2, -0.15) is 5.01 Å². The molecule has 0 radical (unpaired) electrons. The number of Topliss-reactive ketones (excluding diaryl/α,β-unsaturated/α-hetero) is 2. The molecule has 0 aromatic heterocycles. The third kappa shape index (κ3) is 8.47. The van der Waals surface area contributed by atoms with E-state index in [4.69, 9.17) is 23.9 Å². The van der Waals surface area contributed by atoms with Gasteiger partial charge in [0.05, 0.1) is 46.7 Å². The number of ketones is 2. The van der Waals surface area contributed by atoms with E-state index in [0.717, 1.165) is 11.6 Å². The molecule has 1 spiro atoms. The number of phenols is 1. The number of ether oxygens (including phenoxy) is 4. The van der Waals surface area contributed by atoms with Crippen LogP contribution in [0.4, 0.5) is 0 Å². The number of rotatable bonds is 5. The third-order valence-corrected chi connectivity index (χ3v) is 13.2. The Hall–Kier alpha value is -5.23. The maximum absolute atomic E-state index is 14.8. The molecular formula is C46H61N5O12. The summed E-state index contributed by atoms with van der Waals surface area (Å²) in [5.74, 6) is -7.71. The molecule has 1 aliphatic carbocycles. The van der Waals surface area contributed by atoms with Crippen LogP contribution in [0.3, 0.4) is 0 Å². The van der Waals surface area contributed by atoms with Crippen LogP contribution in [0.1, 0.15) is 107 Å². The van der Waals surface area contributed by atoms with Crippen LogP contribution in [0.15, 0.2) is 57.8 Å². The van der Waals surface area contributed by atoms with Crippen LogP contribution < -0.4 is 10.1 Å². The maximum Gasteiger partial charge on any atom is 0.312 e. The zero-order valence-corrected chi connectivity index (χ0v) is 37.9. The van der Waals surface area contributed by atoms with Crippen molar-refractivity contribution in [3.63, 3.8) is 0 Å². The summed E-state index contributed by atoms with van der Waals surface area (Å²) in [6.45, 7) is 18.6. The Balaban J connectivity index is 1.53. The number of carbonyl (C=O) groups is 4. The number of aliphatic hydroxyl groups is 2. The molecule has 5 bridgehead atoms. The molecule has 5 aliphatic rings. The van der Waals surface area contributed by atoms with Gasteiger partial charge in [0.2, 0.25) is 5.78 Å². The molecule has 1 amide bonds. The van der Waals surface area contributed by atoms with E-state index in [0.29, 0.717) is 31.8 Å². The van der Waals surface area contributed by atoms with Gasteiger partial charge in [0.25, 0.3) is 11.7 Å². The normalized spacial score (nSPS) is 33.2. The van der Waals surface area contributed by atoms with Crippen LogP contribution >= 0.6 is 0 Å². The van der Waals surface area contributed by atoms with Crippen molar-refractivity contribution in [2.45, 2.75) is 118 Å². The van der Waals surface area contributed by atoms with Crippen molar-refractivity contribution < 1.29 is 53.4 Å². The van der Waals surface area contributed by atoms with E-state index in [2.05, 4.69) is 29.4 Å². The summed E-state index contributed by atoms with van der Waals surface area (Å²) in [5, 5.41) is 42.0. The topological polar surface area (TPSA) is 226 Å². The fraction of sp³-hybridized carbons (Fsp3) is 0.587. The van der Waals surface area contributed by atoms with Crippen molar-refractivity contribution in [3.05, 3.63) is 74.7 Å². The Morgan fingerprint density at radius 1 is 1.02 bits per heavy atom. The minimum atomic E-state index is -2.06. The first-order valence-corrected chi connectivity index (χ1v) is 21.6. The lowest BCUT2D eigenvalue weighted by atomic mass is 9.78. The number of nitroso groups, excluding NO2 is 1. The van der Waals surface area contributed by atoms with Gasteiger partial charge in [-0.25, -0.2) is 0 Å². The molecule has 1 aromatic carbocycles. The monoisotopic (exact) mass is 875 g/mol. The van der Waals surface area contributed by atoms with E-state index in [9.17, 15) is 39.4 Å². The molecule has 17 nitrogen and oxygen atoms in total. The number of phenolic OH excluding ortho intramolecular Hbond substituents is 1.